The van der Waals surface area contributed by atoms with Crippen LogP contribution in [0.25, 0.3) is 6.08 Å². The van der Waals surface area contributed by atoms with Gasteiger partial charge in [-0.1, -0.05) is 30.3 Å². The molecule has 28 heavy (non-hydrogen) atoms. The predicted molar refractivity (Wildman–Crippen MR) is 103 cm³/mol. The van der Waals surface area contributed by atoms with Crippen LogP contribution in [-0.2, 0) is 20.9 Å². The molecule has 1 amide bonds. The fourth-order valence-corrected chi connectivity index (χ4v) is 2.79. The van der Waals surface area contributed by atoms with Crippen molar-refractivity contribution in [2.24, 2.45) is 0 Å². The number of carbonyl (C=O) groups is 2. The van der Waals surface area contributed by atoms with Crippen LogP contribution in [0.1, 0.15) is 24.0 Å². The van der Waals surface area contributed by atoms with Crippen molar-refractivity contribution in [1.29, 1.82) is 0 Å². The molecule has 2 aromatic carbocycles. The van der Waals surface area contributed by atoms with E-state index < -0.39 is 5.97 Å². The summed E-state index contributed by atoms with van der Waals surface area (Å²) in [4.78, 5) is 26.0. The molecule has 0 atom stereocenters. The summed E-state index contributed by atoms with van der Waals surface area (Å²) in [5, 5.41) is 0. The third-order valence-electron chi connectivity index (χ3n) is 4.45. The van der Waals surface area contributed by atoms with Gasteiger partial charge in [-0.2, -0.15) is 0 Å². The van der Waals surface area contributed by atoms with Crippen molar-refractivity contribution in [3.8, 4) is 5.75 Å². The van der Waals surface area contributed by atoms with Gasteiger partial charge in [0.1, 0.15) is 11.6 Å². The average Bonchev–Trinajstić information content (AvgIpc) is 3.55. The second-order valence-corrected chi connectivity index (χ2v) is 6.56. The fourth-order valence-electron chi connectivity index (χ4n) is 2.79. The summed E-state index contributed by atoms with van der Waals surface area (Å²) in [5.74, 6) is -0.607. The number of hydrogen-bond donors (Lipinski definition) is 0. The fraction of sp³-hybridized carbons (Fsp3) is 0.273. The normalized spacial score (nSPS) is 13.4. The lowest BCUT2D eigenvalue weighted by molar-refractivity contribution is -0.148. The standard InChI is InChI=1S/C22H22FNO4/c1-27-19-7-4-5-16(13-19)9-12-22(26)28-15-21(25)24(18-10-11-18)14-17-6-2-3-8-20(17)23/h2-9,12-13,18H,10-11,14-15H2,1H3/b12-9+. The number of halogens is 1. The number of carbonyl (C=O) groups excluding carboxylic acids is 2. The van der Waals surface area contributed by atoms with Gasteiger partial charge < -0.3 is 14.4 Å². The summed E-state index contributed by atoms with van der Waals surface area (Å²) in [6.07, 6.45) is 4.61. The minimum atomic E-state index is -0.613. The van der Waals surface area contributed by atoms with E-state index in [4.69, 9.17) is 9.47 Å². The summed E-state index contributed by atoms with van der Waals surface area (Å²) in [6, 6.07) is 13.7. The first-order valence-corrected chi connectivity index (χ1v) is 9.08. The Morgan fingerprint density at radius 3 is 2.68 bits per heavy atom. The van der Waals surface area contributed by atoms with E-state index in [1.165, 1.54) is 12.1 Å². The number of amides is 1. The Bertz CT molecular complexity index is 876. The van der Waals surface area contributed by atoms with E-state index in [-0.39, 0.29) is 30.9 Å². The first kappa shape index (κ1) is 19.6. The maximum Gasteiger partial charge on any atom is 0.331 e. The second-order valence-electron chi connectivity index (χ2n) is 6.56. The molecular formula is C22H22FNO4. The number of hydrogen-bond acceptors (Lipinski definition) is 4. The lowest BCUT2D eigenvalue weighted by Gasteiger charge is -2.22. The average molecular weight is 383 g/mol. The molecule has 0 saturated heterocycles. The Labute approximate surface area is 163 Å². The van der Waals surface area contributed by atoms with Crippen molar-refractivity contribution >= 4 is 18.0 Å². The van der Waals surface area contributed by atoms with Crippen molar-refractivity contribution < 1.29 is 23.5 Å². The van der Waals surface area contributed by atoms with Crippen molar-refractivity contribution in [1.82, 2.24) is 4.90 Å². The third-order valence-corrected chi connectivity index (χ3v) is 4.45. The molecule has 146 valence electrons. The van der Waals surface area contributed by atoms with Crippen LogP contribution in [-0.4, -0.2) is 36.5 Å². The van der Waals surface area contributed by atoms with Crippen molar-refractivity contribution in [3.63, 3.8) is 0 Å². The highest BCUT2D eigenvalue weighted by atomic mass is 19.1. The van der Waals surface area contributed by atoms with Crippen molar-refractivity contribution in [2.45, 2.75) is 25.4 Å². The van der Waals surface area contributed by atoms with Gasteiger partial charge in [-0.25, -0.2) is 9.18 Å². The number of ether oxygens (including phenoxy) is 2. The molecule has 0 N–H and O–H groups in total. The van der Waals surface area contributed by atoms with Gasteiger partial charge >= 0.3 is 5.97 Å². The quantitative estimate of drug-likeness (QED) is 0.516. The Kier molecular flexibility index (Phi) is 6.42. The van der Waals surface area contributed by atoms with E-state index in [2.05, 4.69) is 0 Å². The van der Waals surface area contributed by atoms with E-state index in [9.17, 15) is 14.0 Å². The molecule has 1 fully saturated rings. The van der Waals surface area contributed by atoms with Gasteiger partial charge in [0.15, 0.2) is 6.61 Å². The Morgan fingerprint density at radius 2 is 1.96 bits per heavy atom. The van der Waals surface area contributed by atoms with E-state index >= 15 is 0 Å². The van der Waals surface area contributed by atoms with Crippen LogP contribution in [0.5, 0.6) is 5.75 Å². The molecule has 1 aliphatic carbocycles. The number of esters is 1. The molecule has 0 unspecified atom stereocenters. The van der Waals surface area contributed by atoms with Crippen LogP contribution in [0, 0.1) is 5.82 Å². The van der Waals surface area contributed by atoms with Crippen LogP contribution < -0.4 is 4.74 Å². The van der Waals surface area contributed by atoms with Gasteiger partial charge in [-0.05, 0) is 42.7 Å². The first-order valence-electron chi connectivity index (χ1n) is 9.08. The van der Waals surface area contributed by atoms with Gasteiger partial charge in [0, 0.05) is 24.2 Å². The molecule has 1 saturated carbocycles. The zero-order valence-corrected chi connectivity index (χ0v) is 15.6. The zero-order chi connectivity index (χ0) is 19.9. The smallest absolute Gasteiger partial charge is 0.331 e. The summed E-state index contributed by atoms with van der Waals surface area (Å²) in [6.45, 7) is -0.195. The van der Waals surface area contributed by atoms with Crippen LogP contribution in [0.4, 0.5) is 4.39 Å². The molecule has 6 heteroatoms. The molecule has 2 aromatic rings. The van der Waals surface area contributed by atoms with Crippen LogP contribution >= 0.6 is 0 Å². The lowest BCUT2D eigenvalue weighted by atomic mass is 10.2. The molecule has 0 aromatic heterocycles. The van der Waals surface area contributed by atoms with E-state index in [0.29, 0.717) is 11.3 Å². The van der Waals surface area contributed by atoms with Gasteiger partial charge in [-0.3, -0.25) is 4.79 Å². The second kappa shape index (κ2) is 9.17. The Balaban J connectivity index is 1.54. The monoisotopic (exact) mass is 383 g/mol. The Hall–Kier alpha value is -3.15. The van der Waals surface area contributed by atoms with Crippen molar-refractivity contribution in [3.05, 3.63) is 71.6 Å². The van der Waals surface area contributed by atoms with Gasteiger partial charge in [0.2, 0.25) is 0 Å². The van der Waals surface area contributed by atoms with E-state index in [1.54, 1.807) is 48.4 Å². The van der Waals surface area contributed by atoms with Gasteiger partial charge in [0.25, 0.3) is 5.91 Å². The highest BCUT2D eigenvalue weighted by Crippen LogP contribution is 2.29. The number of methoxy groups -OCH3 is 1. The first-order chi connectivity index (χ1) is 13.6. The van der Waals surface area contributed by atoms with Crippen LogP contribution in [0.3, 0.4) is 0 Å². The highest BCUT2D eigenvalue weighted by molar-refractivity contribution is 5.89. The topological polar surface area (TPSA) is 55.8 Å². The molecule has 0 radical (unpaired) electrons. The molecule has 3 rings (SSSR count). The molecular weight excluding hydrogens is 361 g/mol. The van der Waals surface area contributed by atoms with Gasteiger partial charge in [0.05, 0.1) is 7.11 Å². The minimum absolute atomic E-state index is 0.0816. The number of rotatable bonds is 8. The van der Waals surface area contributed by atoms with Crippen LogP contribution in [0.15, 0.2) is 54.6 Å². The number of nitrogens with zero attached hydrogens (tertiary/aromatic N) is 1. The highest BCUT2D eigenvalue weighted by Gasteiger charge is 2.33. The number of benzene rings is 2. The molecule has 0 heterocycles. The summed E-state index contributed by atoms with van der Waals surface area (Å²) >= 11 is 0. The molecule has 0 aliphatic heterocycles. The third kappa shape index (κ3) is 5.42. The summed E-state index contributed by atoms with van der Waals surface area (Å²) < 4.78 is 24.1. The van der Waals surface area contributed by atoms with E-state index in [0.717, 1.165) is 18.4 Å². The lowest BCUT2D eigenvalue weighted by Crippen LogP contribution is -2.36. The van der Waals surface area contributed by atoms with E-state index in [1.807, 2.05) is 12.1 Å². The predicted octanol–water partition coefficient (Wildman–Crippen LogP) is 3.58. The summed E-state index contributed by atoms with van der Waals surface area (Å²) in [5.41, 5.74) is 1.23. The van der Waals surface area contributed by atoms with Crippen molar-refractivity contribution in [2.75, 3.05) is 13.7 Å². The van der Waals surface area contributed by atoms with Crippen LogP contribution in [0.2, 0.25) is 0 Å². The minimum Gasteiger partial charge on any atom is -0.497 e. The largest absolute Gasteiger partial charge is 0.497 e. The molecule has 0 spiro atoms. The summed E-state index contributed by atoms with van der Waals surface area (Å²) in [7, 11) is 1.57. The SMILES string of the molecule is COc1cccc(/C=C/C(=O)OCC(=O)N(Cc2ccccc2F)C2CC2)c1. The zero-order valence-electron chi connectivity index (χ0n) is 15.6. The van der Waals surface area contributed by atoms with Gasteiger partial charge in [-0.15, -0.1) is 0 Å². The molecule has 0 bridgehead atoms. The Morgan fingerprint density at radius 1 is 1.18 bits per heavy atom. The molecule has 1 aliphatic rings. The molecule has 5 nitrogen and oxygen atoms in total. The maximum atomic E-state index is 13.9. The maximum absolute atomic E-state index is 13.9.